The summed E-state index contributed by atoms with van der Waals surface area (Å²) < 4.78 is 2.11. The Morgan fingerprint density at radius 3 is 2.72 bits per heavy atom. The Kier molecular flexibility index (Phi) is 3.99. The molecule has 18 heavy (non-hydrogen) atoms. The Bertz CT molecular complexity index is 531. The van der Waals surface area contributed by atoms with Crippen LogP contribution in [-0.4, -0.2) is 40.3 Å². The molecule has 0 radical (unpaired) electrons. The van der Waals surface area contributed by atoms with Crippen LogP contribution >= 0.6 is 0 Å². The first kappa shape index (κ1) is 13.1. The van der Waals surface area contributed by atoms with E-state index >= 15 is 0 Å². The van der Waals surface area contributed by atoms with Gasteiger partial charge in [0.1, 0.15) is 5.82 Å². The van der Waals surface area contributed by atoms with Crippen molar-refractivity contribution in [1.82, 2.24) is 14.5 Å². The third kappa shape index (κ3) is 2.54. The van der Waals surface area contributed by atoms with Gasteiger partial charge in [-0.05, 0) is 38.2 Å². The number of imidazole rings is 1. The molecule has 0 aliphatic rings. The third-order valence-electron chi connectivity index (χ3n) is 3.08. The normalized spacial score (nSPS) is 11.6. The standard InChI is InChI=1S/C14H21N3O/c1-4-11-5-6-13-12(9-11)15-14(10-16(2)3)17(13)7-8-18/h5-6,9,18H,4,7-8,10H2,1-3H3. The van der Waals surface area contributed by atoms with Crippen LogP contribution in [0.4, 0.5) is 0 Å². The Hall–Kier alpha value is -1.39. The Morgan fingerprint density at radius 2 is 2.11 bits per heavy atom. The molecular weight excluding hydrogens is 226 g/mol. The highest BCUT2D eigenvalue weighted by Gasteiger charge is 2.11. The lowest BCUT2D eigenvalue weighted by atomic mass is 10.1. The van der Waals surface area contributed by atoms with Gasteiger partial charge in [-0.3, -0.25) is 0 Å². The quantitative estimate of drug-likeness (QED) is 0.873. The maximum Gasteiger partial charge on any atom is 0.124 e. The highest BCUT2D eigenvalue weighted by atomic mass is 16.3. The summed E-state index contributed by atoms with van der Waals surface area (Å²) in [5, 5.41) is 9.19. The molecule has 0 bridgehead atoms. The van der Waals surface area contributed by atoms with Gasteiger partial charge in [0.2, 0.25) is 0 Å². The van der Waals surface area contributed by atoms with Gasteiger partial charge < -0.3 is 14.6 Å². The second kappa shape index (κ2) is 5.50. The highest BCUT2D eigenvalue weighted by Crippen LogP contribution is 2.19. The lowest BCUT2D eigenvalue weighted by Crippen LogP contribution is -2.16. The van der Waals surface area contributed by atoms with Crippen molar-refractivity contribution in [2.24, 2.45) is 0 Å². The molecule has 0 aliphatic heterocycles. The molecule has 4 nitrogen and oxygen atoms in total. The second-order valence-corrected chi connectivity index (χ2v) is 4.82. The van der Waals surface area contributed by atoms with Crippen LogP contribution in [0, 0.1) is 0 Å². The molecule has 0 saturated heterocycles. The Morgan fingerprint density at radius 1 is 1.33 bits per heavy atom. The summed E-state index contributed by atoms with van der Waals surface area (Å²) in [4.78, 5) is 6.78. The number of fused-ring (bicyclic) bond motifs is 1. The fraction of sp³-hybridized carbons (Fsp3) is 0.500. The SMILES string of the molecule is CCc1ccc2c(c1)nc(CN(C)C)n2CCO. The second-order valence-electron chi connectivity index (χ2n) is 4.82. The fourth-order valence-electron chi connectivity index (χ4n) is 2.20. The monoisotopic (exact) mass is 247 g/mol. The summed E-state index contributed by atoms with van der Waals surface area (Å²) >= 11 is 0. The molecule has 0 amide bonds. The zero-order valence-corrected chi connectivity index (χ0v) is 11.3. The molecule has 1 aromatic carbocycles. The number of rotatable bonds is 5. The van der Waals surface area contributed by atoms with E-state index in [1.165, 1.54) is 5.56 Å². The van der Waals surface area contributed by atoms with E-state index < -0.39 is 0 Å². The molecule has 0 unspecified atom stereocenters. The van der Waals surface area contributed by atoms with E-state index in [-0.39, 0.29) is 6.61 Å². The van der Waals surface area contributed by atoms with Crippen molar-refractivity contribution in [2.75, 3.05) is 20.7 Å². The maximum absolute atomic E-state index is 9.19. The van der Waals surface area contributed by atoms with Crippen LogP contribution in [0.2, 0.25) is 0 Å². The summed E-state index contributed by atoms with van der Waals surface area (Å²) in [5.74, 6) is 1.01. The van der Waals surface area contributed by atoms with Crippen LogP contribution in [0.1, 0.15) is 18.3 Å². The van der Waals surface area contributed by atoms with E-state index in [9.17, 15) is 5.11 Å². The molecule has 1 N–H and O–H groups in total. The minimum Gasteiger partial charge on any atom is -0.395 e. The first-order valence-corrected chi connectivity index (χ1v) is 6.39. The lowest BCUT2D eigenvalue weighted by molar-refractivity contribution is 0.272. The van der Waals surface area contributed by atoms with Crippen molar-refractivity contribution in [1.29, 1.82) is 0 Å². The average Bonchev–Trinajstić information content (AvgIpc) is 2.66. The van der Waals surface area contributed by atoms with Crippen molar-refractivity contribution in [3.63, 3.8) is 0 Å². The molecule has 4 heteroatoms. The minimum atomic E-state index is 0.140. The van der Waals surface area contributed by atoms with E-state index in [0.29, 0.717) is 6.54 Å². The van der Waals surface area contributed by atoms with Crippen LogP contribution in [0.5, 0.6) is 0 Å². The Labute approximate surface area is 108 Å². The number of hydrogen-bond donors (Lipinski definition) is 1. The zero-order valence-electron chi connectivity index (χ0n) is 11.3. The minimum absolute atomic E-state index is 0.140. The van der Waals surface area contributed by atoms with Gasteiger partial charge >= 0.3 is 0 Å². The highest BCUT2D eigenvalue weighted by molar-refractivity contribution is 5.77. The molecular formula is C14H21N3O. The summed E-state index contributed by atoms with van der Waals surface area (Å²) in [6.45, 7) is 3.68. The lowest BCUT2D eigenvalue weighted by Gasteiger charge is -2.11. The molecule has 0 saturated carbocycles. The molecule has 0 aliphatic carbocycles. The van der Waals surface area contributed by atoms with Crippen LogP contribution < -0.4 is 0 Å². The number of hydrogen-bond acceptors (Lipinski definition) is 3. The molecule has 0 atom stereocenters. The fourth-order valence-corrected chi connectivity index (χ4v) is 2.20. The van der Waals surface area contributed by atoms with Gasteiger partial charge in [-0.25, -0.2) is 4.98 Å². The number of nitrogens with zero attached hydrogens (tertiary/aromatic N) is 3. The number of aliphatic hydroxyl groups is 1. The van der Waals surface area contributed by atoms with Gasteiger partial charge in [0.25, 0.3) is 0 Å². The van der Waals surface area contributed by atoms with Crippen LogP contribution in [0.15, 0.2) is 18.2 Å². The number of aromatic nitrogens is 2. The van der Waals surface area contributed by atoms with Crippen molar-refractivity contribution in [2.45, 2.75) is 26.4 Å². The first-order valence-electron chi connectivity index (χ1n) is 6.39. The van der Waals surface area contributed by atoms with Gasteiger partial charge in [0.15, 0.2) is 0 Å². The number of benzene rings is 1. The van der Waals surface area contributed by atoms with Crippen molar-refractivity contribution >= 4 is 11.0 Å². The average molecular weight is 247 g/mol. The summed E-state index contributed by atoms with van der Waals surface area (Å²) in [5.41, 5.74) is 3.44. The predicted octanol–water partition coefficient (Wildman–Crippen LogP) is 1.65. The molecule has 0 spiro atoms. The van der Waals surface area contributed by atoms with Gasteiger partial charge in [-0.15, -0.1) is 0 Å². The largest absolute Gasteiger partial charge is 0.395 e. The van der Waals surface area contributed by atoms with E-state index in [0.717, 1.165) is 29.8 Å². The molecule has 2 aromatic rings. The predicted molar refractivity (Wildman–Crippen MR) is 73.6 cm³/mol. The molecule has 98 valence electrons. The van der Waals surface area contributed by atoms with E-state index in [2.05, 4.69) is 34.6 Å². The van der Waals surface area contributed by atoms with Crippen molar-refractivity contribution in [3.8, 4) is 0 Å². The van der Waals surface area contributed by atoms with E-state index in [1.54, 1.807) is 0 Å². The summed E-state index contributed by atoms with van der Waals surface area (Å²) in [7, 11) is 4.06. The van der Waals surface area contributed by atoms with Crippen LogP contribution in [-0.2, 0) is 19.5 Å². The van der Waals surface area contributed by atoms with Gasteiger partial charge in [-0.2, -0.15) is 0 Å². The van der Waals surface area contributed by atoms with Crippen LogP contribution in [0.25, 0.3) is 11.0 Å². The van der Waals surface area contributed by atoms with Gasteiger partial charge in [0, 0.05) is 6.54 Å². The van der Waals surface area contributed by atoms with Gasteiger partial charge in [-0.1, -0.05) is 13.0 Å². The van der Waals surface area contributed by atoms with Gasteiger partial charge in [0.05, 0.1) is 24.2 Å². The number of aliphatic hydroxyl groups excluding tert-OH is 1. The summed E-state index contributed by atoms with van der Waals surface area (Å²) in [6.07, 6.45) is 1.02. The topological polar surface area (TPSA) is 41.3 Å². The molecule has 1 aromatic heterocycles. The maximum atomic E-state index is 9.19. The summed E-state index contributed by atoms with van der Waals surface area (Å²) in [6, 6.07) is 6.38. The third-order valence-corrected chi connectivity index (χ3v) is 3.08. The molecule has 2 rings (SSSR count). The van der Waals surface area contributed by atoms with Crippen LogP contribution in [0.3, 0.4) is 0 Å². The zero-order chi connectivity index (χ0) is 13.1. The first-order chi connectivity index (χ1) is 8.65. The van der Waals surface area contributed by atoms with Crippen molar-refractivity contribution in [3.05, 3.63) is 29.6 Å². The smallest absolute Gasteiger partial charge is 0.124 e. The molecule has 0 fully saturated rings. The van der Waals surface area contributed by atoms with Crippen molar-refractivity contribution < 1.29 is 5.11 Å². The number of aryl methyl sites for hydroxylation is 1. The van der Waals surface area contributed by atoms with E-state index in [1.807, 2.05) is 14.1 Å². The molecule has 1 heterocycles. The Balaban J connectivity index is 2.51. The van der Waals surface area contributed by atoms with E-state index in [4.69, 9.17) is 4.98 Å².